The Morgan fingerprint density at radius 2 is 1.93 bits per heavy atom. The van der Waals surface area contributed by atoms with Crippen LogP contribution in [0.3, 0.4) is 0 Å². The molecule has 1 atom stereocenters. The standard InChI is InChI=1S/C32H39N7O6/c1-21(2)19-44-25-14-23-15-26(16-25)45-24-6-4-5-22(13-24)9-10-33-32(43)27-18-38(11-12-39(27)30(41)17-34-31(23)42)29(40)8-7-28-36-35-20-37(28)3/h4-6,13-16,20-21,27H,7-12,17-19H2,1-3H3,(H,33,43)(H,34,42)/t27-/m1/s1. The van der Waals surface area contributed by atoms with Crippen molar-refractivity contribution in [3.63, 3.8) is 0 Å². The molecule has 2 aromatic carbocycles. The minimum atomic E-state index is -0.911. The highest BCUT2D eigenvalue weighted by Gasteiger charge is 2.37. The van der Waals surface area contributed by atoms with Crippen LogP contribution in [0.2, 0.25) is 0 Å². The zero-order valence-electron chi connectivity index (χ0n) is 25.8. The van der Waals surface area contributed by atoms with Gasteiger partial charge in [0.15, 0.2) is 0 Å². The lowest BCUT2D eigenvalue weighted by molar-refractivity contribution is -0.147. The summed E-state index contributed by atoms with van der Waals surface area (Å²) in [4.78, 5) is 56.3. The molecule has 0 aliphatic carbocycles. The molecule has 13 nitrogen and oxygen atoms in total. The smallest absolute Gasteiger partial charge is 0.251 e. The van der Waals surface area contributed by atoms with Crippen LogP contribution in [-0.2, 0) is 34.3 Å². The monoisotopic (exact) mass is 617 g/mol. The number of ether oxygens (including phenoxy) is 2. The number of aromatic nitrogens is 3. The molecule has 45 heavy (non-hydrogen) atoms. The van der Waals surface area contributed by atoms with E-state index < -0.39 is 17.9 Å². The zero-order chi connectivity index (χ0) is 31.9. The van der Waals surface area contributed by atoms with Crippen molar-refractivity contribution in [2.45, 2.75) is 39.2 Å². The first-order valence-electron chi connectivity index (χ1n) is 15.2. The fraction of sp³-hybridized carbons (Fsp3) is 0.438. The maximum absolute atomic E-state index is 13.5. The molecule has 3 aromatic rings. The van der Waals surface area contributed by atoms with Crippen molar-refractivity contribution in [1.82, 2.24) is 35.2 Å². The summed E-state index contributed by atoms with van der Waals surface area (Å²) in [5.41, 5.74) is 1.20. The Morgan fingerprint density at radius 3 is 2.71 bits per heavy atom. The average Bonchev–Trinajstić information content (AvgIpc) is 3.44. The zero-order valence-corrected chi connectivity index (χ0v) is 25.8. The third-order valence-corrected chi connectivity index (χ3v) is 7.70. The number of aryl methyl sites for hydroxylation is 2. The maximum atomic E-state index is 13.5. The van der Waals surface area contributed by atoms with Crippen LogP contribution >= 0.6 is 0 Å². The molecule has 2 aliphatic heterocycles. The lowest BCUT2D eigenvalue weighted by Crippen LogP contribution is -2.62. The number of nitrogens with one attached hydrogen (secondary N) is 2. The first-order chi connectivity index (χ1) is 21.7. The molecule has 1 aromatic heterocycles. The third kappa shape index (κ3) is 8.16. The number of nitrogens with zero attached hydrogens (tertiary/aromatic N) is 5. The number of hydrogen-bond donors (Lipinski definition) is 2. The number of rotatable bonds is 6. The fourth-order valence-corrected chi connectivity index (χ4v) is 5.26. The second-order valence-corrected chi connectivity index (χ2v) is 11.7. The SMILES string of the molecule is CC(C)COc1cc2cc(c1)C(=O)NCC(=O)N1CCN(C(=O)CCc3nncn3C)C[C@@H]1C(=O)NCCc1cccc(c1)O2. The Balaban J connectivity index is 1.36. The van der Waals surface area contributed by atoms with Gasteiger partial charge >= 0.3 is 0 Å². The summed E-state index contributed by atoms with van der Waals surface area (Å²) < 4.78 is 13.8. The van der Waals surface area contributed by atoms with Gasteiger partial charge in [-0.1, -0.05) is 26.0 Å². The summed E-state index contributed by atoms with van der Waals surface area (Å²) in [7, 11) is 1.81. The summed E-state index contributed by atoms with van der Waals surface area (Å²) in [5.74, 6) is 1.01. The summed E-state index contributed by atoms with van der Waals surface area (Å²) in [6, 6.07) is 11.5. The van der Waals surface area contributed by atoms with E-state index in [9.17, 15) is 19.2 Å². The second-order valence-electron chi connectivity index (χ2n) is 11.7. The van der Waals surface area contributed by atoms with Crippen molar-refractivity contribution >= 4 is 23.6 Å². The Labute approximate surface area is 261 Å². The summed E-state index contributed by atoms with van der Waals surface area (Å²) in [6.07, 6.45) is 2.71. The average molecular weight is 618 g/mol. The van der Waals surface area contributed by atoms with E-state index in [1.807, 2.05) is 45.2 Å². The van der Waals surface area contributed by atoms with Crippen LogP contribution < -0.4 is 20.1 Å². The van der Waals surface area contributed by atoms with E-state index in [-0.39, 0.29) is 55.9 Å². The second kappa shape index (κ2) is 14.2. The first kappa shape index (κ1) is 31.5. The van der Waals surface area contributed by atoms with E-state index in [0.717, 1.165) is 5.56 Å². The highest BCUT2D eigenvalue weighted by atomic mass is 16.5. The van der Waals surface area contributed by atoms with Crippen LogP contribution in [0.4, 0.5) is 0 Å². The summed E-state index contributed by atoms with van der Waals surface area (Å²) in [6.45, 7) is 4.98. The van der Waals surface area contributed by atoms with Crippen LogP contribution in [0.1, 0.15) is 42.0 Å². The van der Waals surface area contributed by atoms with Gasteiger partial charge in [0.25, 0.3) is 5.91 Å². The van der Waals surface area contributed by atoms with Crippen molar-refractivity contribution in [3.8, 4) is 17.2 Å². The summed E-state index contributed by atoms with van der Waals surface area (Å²) >= 11 is 0. The van der Waals surface area contributed by atoms with Gasteiger partial charge in [-0.2, -0.15) is 0 Å². The van der Waals surface area contributed by atoms with Gasteiger partial charge in [-0.15, -0.1) is 10.2 Å². The van der Waals surface area contributed by atoms with E-state index >= 15 is 0 Å². The van der Waals surface area contributed by atoms with Crippen LogP contribution in [0.15, 0.2) is 48.8 Å². The molecular weight excluding hydrogens is 578 g/mol. The Hall–Kier alpha value is -4.94. The molecule has 0 unspecified atom stereocenters. The van der Waals surface area contributed by atoms with Crippen LogP contribution in [-0.4, -0.2) is 93.6 Å². The highest BCUT2D eigenvalue weighted by Crippen LogP contribution is 2.29. The van der Waals surface area contributed by atoms with E-state index in [1.54, 1.807) is 34.0 Å². The molecule has 13 heteroatoms. The Kier molecular flexibility index (Phi) is 9.95. The molecule has 2 aliphatic rings. The fourth-order valence-electron chi connectivity index (χ4n) is 5.26. The molecule has 4 amide bonds. The van der Waals surface area contributed by atoms with Gasteiger partial charge in [0.05, 0.1) is 19.7 Å². The Morgan fingerprint density at radius 1 is 1.09 bits per heavy atom. The quantitative estimate of drug-likeness (QED) is 0.425. The molecule has 0 spiro atoms. The van der Waals surface area contributed by atoms with Gasteiger partial charge < -0.3 is 34.5 Å². The molecule has 4 bridgehead atoms. The van der Waals surface area contributed by atoms with Crippen LogP contribution in [0.25, 0.3) is 0 Å². The number of carbonyl (C=O) groups excluding carboxylic acids is 4. The van der Waals surface area contributed by atoms with Gasteiger partial charge in [0, 0.05) is 51.2 Å². The molecule has 1 saturated heterocycles. The van der Waals surface area contributed by atoms with Crippen molar-refractivity contribution in [2.75, 3.05) is 39.3 Å². The van der Waals surface area contributed by atoms with Gasteiger partial charge in [0.1, 0.15) is 35.4 Å². The Bertz CT molecular complexity index is 1550. The highest BCUT2D eigenvalue weighted by molar-refractivity contribution is 5.98. The lowest BCUT2D eigenvalue weighted by Gasteiger charge is -2.40. The van der Waals surface area contributed by atoms with Crippen molar-refractivity contribution in [2.24, 2.45) is 13.0 Å². The third-order valence-electron chi connectivity index (χ3n) is 7.70. The van der Waals surface area contributed by atoms with Crippen molar-refractivity contribution in [3.05, 3.63) is 65.7 Å². The number of fused-ring (bicyclic) bond motifs is 5. The molecule has 0 saturated carbocycles. The number of amides is 4. The largest absolute Gasteiger partial charge is 0.493 e. The van der Waals surface area contributed by atoms with Crippen molar-refractivity contribution in [1.29, 1.82) is 0 Å². The van der Waals surface area contributed by atoms with E-state index in [1.165, 1.54) is 4.90 Å². The normalized spacial score (nSPS) is 17.6. The van der Waals surface area contributed by atoms with Gasteiger partial charge in [-0.25, -0.2) is 0 Å². The number of piperazine rings is 1. The summed E-state index contributed by atoms with van der Waals surface area (Å²) in [5, 5.41) is 13.5. The molecule has 3 heterocycles. The van der Waals surface area contributed by atoms with Gasteiger partial charge in [-0.3, -0.25) is 19.2 Å². The molecule has 5 rings (SSSR count). The topological polar surface area (TPSA) is 148 Å². The van der Waals surface area contributed by atoms with E-state index in [0.29, 0.717) is 49.1 Å². The molecule has 2 N–H and O–H groups in total. The molecule has 0 radical (unpaired) electrons. The van der Waals surface area contributed by atoms with Crippen molar-refractivity contribution < 1.29 is 28.7 Å². The van der Waals surface area contributed by atoms with E-state index in [2.05, 4.69) is 20.8 Å². The van der Waals surface area contributed by atoms with E-state index in [4.69, 9.17) is 9.47 Å². The predicted octanol–water partition coefficient (Wildman–Crippen LogP) is 1.72. The van der Waals surface area contributed by atoms with Gasteiger partial charge in [-0.05, 0) is 42.2 Å². The minimum Gasteiger partial charge on any atom is -0.493 e. The maximum Gasteiger partial charge on any atom is 0.251 e. The first-order valence-corrected chi connectivity index (χ1v) is 15.2. The lowest BCUT2D eigenvalue weighted by atomic mass is 10.1. The van der Waals surface area contributed by atoms with Gasteiger partial charge in [0.2, 0.25) is 17.7 Å². The number of carbonyl (C=O) groups is 4. The van der Waals surface area contributed by atoms with Crippen LogP contribution in [0.5, 0.6) is 17.2 Å². The molecular formula is C32H39N7O6. The number of hydrogen-bond acceptors (Lipinski definition) is 8. The molecule has 1 fully saturated rings. The van der Waals surface area contributed by atoms with Crippen LogP contribution in [0, 0.1) is 5.92 Å². The predicted molar refractivity (Wildman–Crippen MR) is 164 cm³/mol. The minimum absolute atomic E-state index is 0.0467. The number of benzene rings is 2. The molecule has 238 valence electrons.